The molecule has 10 nitrogen and oxygen atoms in total. The summed E-state index contributed by atoms with van der Waals surface area (Å²) < 4.78 is 2.82. The molecule has 1 saturated heterocycles. The molecule has 5 rings (SSSR count). The van der Waals surface area contributed by atoms with Crippen molar-refractivity contribution in [3.05, 3.63) is 34.9 Å². The van der Waals surface area contributed by atoms with Gasteiger partial charge in [0.1, 0.15) is 16.6 Å². The number of carbonyl (C=O) groups excluding carboxylic acids is 1. The first kappa shape index (κ1) is 20.0. The van der Waals surface area contributed by atoms with Crippen LogP contribution in [0.4, 0.5) is 11.6 Å². The highest BCUT2D eigenvalue weighted by Crippen LogP contribution is 2.44. The number of ketones is 1. The van der Waals surface area contributed by atoms with Gasteiger partial charge in [0, 0.05) is 39.0 Å². The lowest BCUT2D eigenvalue weighted by Gasteiger charge is -2.41. The van der Waals surface area contributed by atoms with Crippen molar-refractivity contribution in [3.63, 3.8) is 0 Å². The first-order chi connectivity index (χ1) is 14.9. The van der Waals surface area contributed by atoms with Crippen LogP contribution in [0.2, 0.25) is 0 Å². The van der Waals surface area contributed by atoms with Crippen LogP contribution in [-0.4, -0.2) is 49.1 Å². The molecule has 4 N–H and O–H groups in total. The van der Waals surface area contributed by atoms with Crippen molar-refractivity contribution >= 4 is 34.8 Å². The maximum absolute atomic E-state index is 12.4. The number of hydrogen-bond acceptors (Lipinski definition) is 9. The standard InChI is InChI=1S/C20H24N8O2S/c1-26-19(30)28-14(25-26)3-2-4-16(28)31-18-17(22)24-15(11-23-18)27-7-5-20(6-8-27)10-12(29)9-13(20)21/h2-4,11,13H,5-10,21H2,1H3,(H2,22,24)/t13-/m0/s1. The van der Waals surface area contributed by atoms with Gasteiger partial charge in [0.15, 0.2) is 11.5 Å². The Morgan fingerprint density at radius 3 is 2.68 bits per heavy atom. The van der Waals surface area contributed by atoms with Crippen LogP contribution in [0.15, 0.2) is 39.2 Å². The molecule has 2 fully saturated rings. The normalized spacial score (nSPS) is 20.8. The van der Waals surface area contributed by atoms with E-state index in [9.17, 15) is 9.59 Å². The minimum absolute atomic E-state index is 0.0457. The number of anilines is 2. The van der Waals surface area contributed by atoms with E-state index < -0.39 is 0 Å². The van der Waals surface area contributed by atoms with Crippen LogP contribution in [0.5, 0.6) is 0 Å². The monoisotopic (exact) mass is 440 g/mol. The van der Waals surface area contributed by atoms with Crippen molar-refractivity contribution in [3.8, 4) is 0 Å². The molecular weight excluding hydrogens is 416 g/mol. The Balaban J connectivity index is 1.35. The molecule has 2 aliphatic rings. The molecule has 1 aliphatic carbocycles. The van der Waals surface area contributed by atoms with Crippen LogP contribution in [-0.2, 0) is 11.8 Å². The summed E-state index contributed by atoms with van der Waals surface area (Å²) in [5, 5.41) is 5.40. The van der Waals surface area contributed by atoms with Gasteiger partial charge in [-0.05, 0) is 42.2 Å². The van der Waals surface area contributed by atoms with Gasteiger partial charge in [0.2, 0.25) is 0 Å². The quantitative estimate of drug-likeness (QED) is 0.606. The maximum atomic E-state index is 12.4. The Morgan fingerprint density at radius 2 is 2.00 bits per heavy atom. The lowest BCUT2D eigenvalue weighted by Crippen LogP contribution is -2.47. The Bertz CT molecular complexity index is 1230. The zero-order valence-corrected chi connectivity index (χ0v) is 18.0. The summed E-state index contributed by atoms with van der Waals surface area (Å²) in [7, 11) is 1.61. The molecule has 0 radical (unpaired) electrons. The van der Waals surface area contributed by atoms with Crippen LogP contribution in [0, 0.1) is 5.41 Å². The summed E-state index contributed by atoms with van der Waals surface area (Å²) in [5.41, 5.74) is 12.8. The van der Waals surface area contributed by atoms with E-state index >= 15 is 0 Å². The fraction of sp³-hybridized carbons (Fsp3) is 0.450. The number of rotatable bonds is 3. The molecule has 0 unspecified atom stereocenters. The average Bonchev–Trinajstić information content (AvgIpc) is 3.19. The molecule has 1 saturated carbocycles. The number of pyridine rings is 1. The summed E-state index contributed by atoms with van der Waals surface area (Å²) in [6, 6.07) is 5.39. The number of piperidine rings is 1. The van der Waals surface area contributed by atoms with Gasteiger partial charge in [-0.3, -0.25) is 4.79 Å². The Hall–Kier alpha value is -2.92. The lowest BCUT2D eigenvalue weighted by atomic mass is 9.74. The molecule has 3 aromatic heterocycles. The van der Waals surface area contributed by atoms with Crippen LogP contribution in [0.1, 0.15) is 25.7 Å². The molecule has 0 bridgehead atoms. The van der Waals surface area contributed by atoms with Crippen molar-refractivity contribution in [2.45, 2.75) is 41.8 Å². The molecular formula is C20H24N8O2S. The van der Waals surface area contributed by atoms with Crippen molar-refractivity contribution in [1.82, 2.24) is 24.1 Å². The Kier molecular flexibility index (Phi) is 4.74. The summed E-state index contributed by atoms with van der Waals surface area (Å²) >= 11 is 1.28. The molecule has 3 aromatic rings. The van der Waals surface area contributed by atoms with E-state index in [1.54, 1.807) is 19.3 Å². The Morgan fingerprint density at radius 1 is 1.23 bits per heavy atom. The predicted octanol–water partition coefficient (Wildman–Crippen LogP) is 0.833. The second kappa shape index (κ2) is 7.34. The maximum Gasteiger partial charge on any atom is 0.350 e. The molecule has 0 aromatic carbocycles. The fourth-order valence-electron chi connectivity index (χ4n) is 4.67. The van der Waals surface area contributed by atoms with Gasteiger partial charge in [0.25, 0.3) is 0 Å². The van der Waals surface area contributed by atoms with E-state index in [2.05, 4.69) is 20.0 Å². The molecule has 1 spiro atoms. The number of fused-ring (bicyclic) bond motifs is 1. The SMILES string of the molecule is Cn1nc2cccc(Sc3ncc(N4CCC5(CC4)CC(=O)C[C@@H]5N)nc3N)n2c1=O. The average molecular weight is 441 g/mol. The zero-order chi connectivity index (χ0) is 21.8. The van der Waals surface area contributed by atoms with Crippen molar-refractivity contribution < 1.29 is 4.79 Å². The second-order valence-electron chi connectivity index (χ2n) is 8.36. The highest BCUT2D eigenvalue weighted by molar-refractivity contribution is 7.99. The minimum atomic E-state index is -0.230. The molecule has 4 heterocycles. The molecule has 11 heteroatoms. The highest BCUT2D eigenvalue weighted by Gasteiger charge is 2.46. The number of aromatic nitrogens is 5. The lowest BCUT2D eigenvalue weighted by molar-refractivity contribution is -0.118. The van der Waals surface area contributed by atoms with Crippen molar-refractivity contribution in [2.75, 3.05) is 23.7 Å². The molecule has 162 valence electrons. The van der Waals surface area contributed by atoms with E-state index in [1.807, 2.05) is 12.1 Å². The third-order valence-corrected chi connectivity index (χ3v) is 7.51. The molecule has 1 aliphatic heterocycles. The predicted molar refractivity (Wildman–Crippen MR) is 117 cm³/mol. The smallest absolute Gasteiger partial charge is 0.350 e. The van der Waals surface area contributed by atoms with Gasteiger partial charge in [0.05, 0.1) is 11.2 Å². The van der Waals surface area contributed by atoms with Gasteiger partial charge < -0.3 is 16.4 Å². The van der Waals surface area contributed by atoms with Crippen LogP contribution in [0.3, 0.4) is 0 Å². The zero-order valence-electron chi connectivity index (χ0n) is 17.2. The second-order valence-corrected chi connectivity index (χ2v) is 9.37. The van der Waals surface area contributed by atoms with E-state index in [0.29, 0.717) is 40.2 Å². The van der Waals surface area contributed by atoms with Gasteiger partial charge >= 0.3 is 5.69 Å². The summed E-state index contributed by atoms with van der Waals surface area (Å²) in [5.74, 6) is 1.30. The van der Waals surface area contributed by atoms with E-state index in [4.69, 9.17) is 11.5 Å². The summed E-state index contributed by atoms with van der Waals surface area (Å²) in [4.78, 5) is 35.5. The minimum Gasteiger partial charge on any atom is -0.381 e. The third-order valence-electron chi connectivity index (χ3n) is 6.47. The fourth-order valence-corrected chi connectivity index (χ4v) is 5.53. The van der Waals surface area contributed by atoms with Crippen LogP contribution >= 0.6 is 11.8 Å². The third kappa shape index (κ3) is 3.37. The number of carbonyl (C=O) groups is 1. The molecule has 31 heavy (non-hydrogen) atoms. The van der Waals surface area contributed by atoms with Gasteiger partial charge in [-0.1, -0.05) is 6.07 Å². The highest BCUT2D eigenvalue weighted by atomic mass is 32.2. The number of aryl methyl sites for hydroxylation is 1. The first-order valence-corrected chi connectivity index (χ1v) is 11.1. The van der Waals surface area contributed by atoms with E-state index in [-0.39, 0.29) is 22.9 Å². The van der Waals surface area contributed by atoms with Crippen LogP contribution in [0.25, 0.3) is 5.65 Å². The molecule has 1 atom stereocenters. The number of nitrogens with two attached hydrogens (primary N) is 2. The van der Waals surface area contributed by atoms with Gasteiger partial charge in [-0.2, -0.15) is 5.10 Å². The van der Waals surface area contributed by atoms with Crippen molar-refractivity contribution in [2.24, 2.45) is 18.2 Å². The number of nitrogen functional groups attached to an aromatic ring is 1. The number of hydrogen-bond donors (Lipinski definition) is 2. The summed E-state index contributed by atoms with van der Waals surface area (Å²) in [6.07, 6.45) is 4.52. The molecule has 0 amide bonds. The Labute approximate surface area is 182 Å². The number of Topliss-reactive ketones (excluding diaryl/α,β-unsaturated/α-hetero) is 1. The van der Waals surface area contributed by atoms with E-state index in [0.717, 1.165) is 25.9 Å². The first-order valence-electron chi connectivity index (χ1n) is 10.2. The largest absolute Gasteiger partial charge is 0.381 e. The number of nitrogens with zero attached hydrogens (tertiary/aromatic N) is 6. The van der Waals surface area contributed by atoms with E-state index in [1.165, 1.54) is 20.8 Å². The van der Waals surface area contributed by atoms with Gasteiger partial charge in [-0.25, -0.2) is 23.8 Å². The van der Waals surface area contributed by atoms with Crippen LogP contribution < -0.4 is 22.1 Å². The topological polar surface area (TPSA) is 137 Å². The van der Waals surface area contributed by atoms with Crippen molar-refractivity contribution in [1.29, 1.82) is 0 Å². The van der Waals surface area contributed by atoms with Gasteiger partial charge in [-0.15, -0.1) is 0 Å². The summed E-state index contributed by atoms with van der Waals surface area (Å²) in [6.45, 7) is 1.54.